The van der Waals surface area contributed by atoms with Crippen molar-refractivity contribution in [3.05, 3.63) is 29.8 Å². The van der Waals surface area contributed by atoms with Gasteiger partial charge in [-0.15, -0.1) is 0 Å². The molecule has 0 spiro atoms. The van der Waals surface area contributed by atoms with Gasteiger partial charge in [-0.05, 0) is 37.8 Å². The number of rotatable bonds is 4. The van der Waals surface area contributed by atoms with Gasteiger partial charge in [-0.1, -0.05) is 36.6 Å². The molecule has 98 valence electrons. The molecule has 0 saturated heterocycles. The van der Waals surface area contributed by atoms with Crippen molar-refractivity contribution in [1.82, 2.24) is 0 Å². The van der Waals surface area contributed by atoms with E-state index in [4.69, 9.17) is 9.94 Å². The molecule has 0 radical (unpaired) electrons. The highest BCUT2D eigenvalue weighted by molar-refractivity contribution is 6.00. The normalized spacial score (nSPS) is 17.7. The lowest BCUT2D eigenvalue weighted by atomic mass is 9.90. The molecule has 1 aliphatic carbocycles. The summed E-state index contributed by atoms with van der Waals surface area (Å²) in [6, 6.07) is 7.74. The maximum Gasteiger partial charge on any atom is 0.128 e. The molecule has 3 nitrogen and oxygen atoms in total. The second kappa shape index (κ2) is 6.43. The van der Waals surface area contributed by atoms with Crippen molar-refractivity contribution in [3.8, 4) is 5.75 Å². The van der Waals surface area contributed by atoms with Gasteiger partial charge in [-0.25, -0.2) is 0 Å². The van der Waals surface area contributed by atoms with Crippen LogP contribution in [-0.4, -0.2) is 17.5 Å². The maximum atomic E-state index is 8.86. The minimum Gasteiger partial charge on any atom is -0.493 e. The molecule has 0 aromatic heterocycles. The first-order valence-corrected chi connectivity index (χ1v) is 6.72. The van der Waals surface area contributed by atoms with Gasteiger partial charge >= 0.3 is 0 Å². The van der Waals surface area contributed by atoms with Crippen molar-refractivity contribution in [1.29, 1.82) is 0 Å². The summed E-state index contributed by atoms with van der Waals surface area (Å²) in [5, 5.41) is 12.1. The van der Waals surface area contributed by atoms with Crippen LogP contribution in [0.25, 0.3) is 0 Å². The number of para-hydroxylation sites is 1. The first kappa shape index (κ1) is 12.9. The molecule has 1 aromatic carbocycles. The molecule has 1 aliphatic rings. The Hall–Kier alpha value is -1.51. The highest BCUT2D eigenvalue weighted by Crippen LogP contribution is 2.26. The molecular formula is C15H21NO2. The molecule has 0 amide bonds. The Morgan fingerprint density at radius 1 is 1.28 bits per heavy atom. The van der Waals surface area contributed by atoms with E-state index in [9.17, 15) is 0 Å². The molecule has 0 heterocycles. The van der Waals surface area contributed by atoms with E-state index in [1.54, 1.807) is 6.92 Å². The molecule has 0 unspecified atom stereocenters. The van der Waals surface area contributed by atoms with E-state index < -0.39 is 0 Å². The van der Waals surface area contributed by atoms with Crippen molar-refractivity contribution < 1.29 is 9.94 Å². The molecule has 18 heavy (non-hydrogen) atoms. The summed E-state index contributed by atoms with van der Waals surface area (Å²) in [5.41, 5.74) is 1.46. The van der Waals surface area contributed by atoms with E-state index in [2.05, 4.69) is 5.16 Å². The van der Waals surface area contributed by atoms with Gasteiger partial charge in [-0.2, -0.15) is 0 Å². The van der Waals surface area contributed by atoms with E-state index in [0.29, 0.717) is 11.6 Å². The number of benzene rings is 1. The van der Waals surface area contributed by atoms with Gasteiger partial charge in [0.1, 0.15) is 5.75 Å². The lowest BCUT2D eigenvalue weighted by Crippen LogP contribution is -2.16. The predicted molar refractivity (Wildman–Crippen MR) is 72.5 cm³/mol. The molecule has 0 aliphatic heterocycles. The van der Waals surface area contributed by atoms with Crippen molar-refractivity contribution in [2.75, 3.05) is 6.61 Å². The Kier molecular flexibility index (Phi) is 4.62. The maximum absolute atomic E-state index is 8.86. The van der Waals surface area contributed by atoms with Crippen LogP contribution in [0.2, 0.25) is 0 Å². The van der Waals surface area contributed by atoms with Crippen molar-refractivity contribution in [3.63, 3.8) is 0 Å². The zero-order chi connectivity index (χ0) is 12.8. The van der Waals surface area contributed by atoms with Crippen LogP contribution in [0, 0.1) is 5.92 Å². The minimum absolute atomic E-state index is 0.592. The Labute approximate surface area is 108 Å². The van der Waals surface area contributed by atoms with Crippen LogP contribution in [0.15, 0.2) is 29.4 Å². The molecule has 0 bridgehead atoms. The number of hydrogen-bond donors (Lipinski definition) is 1. The van der Waals surface area contributed by atoms with Crippen molar-refractivity contribution >= 4 is 5.71 Å². The second-order valence-corrected chi connectivity index (χ2v) is 5.00. The summed E-state index contributed by atoms with van der Waals surface area (Å²) in [6.07, 6.45) is 6.56. The van der Waals surface area contributed by atoms with Crippen LogP contribution in [-0.2, 0) is 0 Å². The van der Waals surface area contributed by atoms with E-state index in [1.807, 2.05) is 24.3 Å². The highest BCUT2D eigenvalue weighted by atomic mass is 16.5. The van der Waals surface area contributed by atoms with Crippen LogP contribution in [0.4, 0.5) is 0 Å². The van der Waals surface area contributed by atoms with Gasteiger partial charge < -0.3 is 9.94 Å². The zero-order valence-electron chi connectivity index (χ0n) is 10.9. The third-order valence-electron chi connectivity index (χ3n) is 3.63. The SMILES string of the molecule is CC(=NO)c1ccccc1OCC1CCCCC1. The largest absolute Gasteiger partial charge is 0.493 e. The molecule has 1 aromatic rings. The van der Waals surface area contributed by atoms with Crippen LogP contribution < -0.4 is 4.74 Å². The standard InChI is InChI=1S/C15H21NO2/c1-12(16-17)14-9-5-6-10-15(14)18-11-13-7-3-2-4-8-13/h5-6,9-10,13,17H,2-4,7-8,11H2,1H3. The van der Waals surface area contributed by atoms with Gasteiger partial charge in [0.05, 0.1) is 12.3 Å². The fourth-order valence-corrected chi connectivity index (χ4v) is 2.51. The quantitative estimate of drug-likeness (QED) is 0.499. The number of ether oxygens (including phenoxy) is 1. The lowest BCUT2D eigenvalue weighted by Gasteiger charge is -2.22. The smallest absolute Gasteiger partial charge is 0.128 e. The van der Waals surface area contributed by atoms with Gasteiger partial charge in [0.2, 0.25) is 0 Å². The first-order chi connectivity index (χ1) is 8.81. The summed E-state index contributed by atoms with van der Waals surface area (Å²) in [4.78, 5) is 0. The summed E-state index contributed by atoms with van der Waals surface area (Å²) < 4.78 is 5.91. The van der Waals surface area contributed by atoms with Crippen LogP contribution >= 0.6 is 0 Å². The van der Waals surface area contributed by atoms with Crippen LogP contribution in [0.3, 0.4) is 0 Å². The Balaban J connectivity index is 2.00. The van der Waals surface area contributed by atoms with E-state index in [1.165, 1.54) is 32.1 Å². The molecule has 1 fully saturated rings. The second-order valence-electron chi connectivity index (χ2n) is 5.00. The van der Waals surface area contributed by atoms with Crippen LogP contribution in [0.5, 0.6) is 5.75 Å². The first-order valence-electron chi connectivity index (χ1n) is 6.72. The topological polar surface area (TPSA) is 41.8 Å². The fraction of sp³-hybridized carbons (Fsp3) is 0.533. The van der Waals surface area contributed by atoms with E-state index >= 15 is 0 Å². The summed E-state index contributed by atoms with van der Waals surface area (Å²) in [5.74, 6) is 1.50. The Morgan fingerprint density at radius 2 is 2.00 bits per heavy atom. The van der Waals surface area contributed by atoms with E-state index in [-0.39, 0.29) is 0 Å². The third-order valence-corrected chi connectivity index (χ3v) is 3.63. The Bertz CT molecular complexity index is 409. The molecule has 2 rings (SSSR count). The lowest BCUT2D eigenvalue weighted by molar-refractivity contribution is 0.208. The summed E-state index contributed by atoms with van der Waals surface area (Å²) >= 11 is 0. The molecule has 1 saturated carbocycles. The number of hydrogen-bond acceptors (Lipinski definition) is 3. The summed E-state index contributed by atoms with van der Waals surface area (Å²) in [7, 11) is 0. The minimum atomic E-state index is 0.592. The molecule has 3 heteroatoms. The average Bonchev–Trinajstić information content (AvgIpc) is 2.45. The number of nitrogens with zero attached hydrogens (tertiary/aromatic N) is 1. The van der Waals surface area contributed by atoms with E-state index in [0.717, 1.165) is 17.9 Å². The molecule has 0 atom stereocenters. The third kappa shape index (κ3) is 3.25. The van der Waals surface area contributed by atoms with Gasteiger partial charge in [0.15, 0.2) is 0 Å². The molecule has 1 N–H and O–H groups in total. The van der Waals surface area contributed by atoms with Crippen molar-refractivity contribution in [2.24, 2.45) is 11.1 Å². The molecular weight excluding hydrogens is 226 g/mol. The van der Waals surface area contributed by atoms with Gasteiger partial charge in [0.25, 0.3) is 0 Å². The monoisotopic (exact) mass is 247 g/mol. The summed E-state index contributed by atoms with van der Waals surface area (Å²) in [6.45, 7) is 2.55. The van der Waals surface area contributed by atoms with Gasteiger partial charge in [0, 0.05) is 5.56 Å². The number of oxime groups is 1. The predicted octanol–water partition coefficient (Wildman–Crippen LogP) is 3.84. The van der Waals surface area contributed by atoms with Crippen molar-refractivity contribution in [2.45, 2.75) is 39.0 Å². The fourth-order valence-electron chi connectivity index (χ4n) is 2.51. The average molecular weight is 247 g/mol. The Morgan fingerprint density at radius 3 is 2.72 bits per heavy atom. The van der Waals surface area contributed by atoms with Gasteiger partial charge in [-0.3, -0.25) is 0 Å². The highest BCUT2D eigenvalue weighted by Gasteiger charge is 2.15. The van der Waals surface area contributed by atoms with Crippen LogP contribution in [0.1, 0.15) is 44.6 Å². The zero-order valence-corrected chi connectivity index (χ0v) is 10.9.